The first-order chi connectivity index (χ1) is 11.7. The molecule has 0 radical (unpaired) electrons. The average Bonchev–Trinajstić information content (AvgIpc) is 3.03. The van der Waals surface area contributed by atoms with E-state index in [9.17, 15) is 8.42 Å². The number of aromatic nitrogens is 3. The Morgan fingerprint density at radius 2 is 2.12 bits per heavy atom. The number of primary sulfonamides is 1. The van der Waals surface area contributed by atoms with Crippen molar-refractivity contribution in [1.29, 1.82) is 0 Å². The Hall–Kier alpha value is -1.87. The summed E-state index contributed by atoms with van der Waals surface area (Å²) in [5.74, 6) is 0.229. The second-order valence-corrected chi connectivity index (χ2v) is 8.07. The van der Waals surface area contributed by atoms with Gasteiger partial charge in [0.05, 0.1) is 33.3 Å². The molecule has 10 heteroatoms. The van der Waals surface area contributed by atoms with Crippen LogP contribution in [0.1, 0.15) is 6.92 Å². The van der Waals surface area contributed by atoms with E-state index in [2.05, 4.69) is 15.3 Å². The van der Waals surface area contributed by atoms with Crippen LogP contribution in [0.4, 0.5) is 5.82 Å². The van der Waals surface area contributed by atoms with E-state index < -0.39 is 16.1 Å². The van der Waals surface area contributed by atoms with Crippen LogP contribution in [0.5, 0.6) is 0 Å². The first-order valence-electron chi connectivity index (χ1n) is 7.28. The maximum absolute atomic E-state index is 11.3. The Kier molecular flexibility index (Phi) is 4.88. The standard InChI is InChI=1S/C15H15Cl2N5O2S/c1-9(7-25(18,23)24)20-13-6-12(22-5-4-19-8-22)10-2-3-11(16)14(17)15(10)21-13/h2-6,8-9H,7H2,1H3,(H,20,21)(H2,18,23,24)/t9-/m0/s1. The van der Waals surface area contributed by atoms with Crippen LogP contribution in [0.15, 0.2) is 36.9 Å². The number of benzene rings is 1. The molecular formula is C15H15Cl2N5O2S. The van der Waals surface area contributed by atoms with Crippen molar-refractivity contribution < 1.29 is 8.42 Å². The lowest BCUT2D eigenvalue weighted by Crippen LogP contribution is -2.30. The zero-order valence-electron chi connectivity index (χ0n) is 13.1. The van der Waals surface area contributed by atoms with E-state index in [4.69, 9.17) is 28.3 Å². The lowest BCUT2D eigenvalue weighted by Gasteiger charge is -2.16. The molecule has 0 bridgehead atoms. The highest BCUT2D eigenvalue weighted by molar-refractivity contribution is 7.89. The van der Waals surface area contributed by atoms with Crippen LogP contribution in [-0.2, 0) is 10.0 Å². The molecule has 7 nitrogen and oxygen atoms in total. The summed E-state index contributed by atoms with van der Waals surface area (Å²) in [6.45, 7) is 1.70. The smallest absolute Gasteiger partial charge is 0.211 e. The van der Waals surface area contributed by atoms with Gasteiger partial charge in [-0.15, -0.1) is 0 Å². The molecule has 2 aromatic heterocycles. The number of halogens is 2. The molecule has 3 aromatic rings. The molecule has 0 saturated carbocycles. The summed E-state index contributed by atoms with van der Waals surface area (Å²) >= 11 is 12.4. The lowest BCUT2D eigenvalue weighted by atomic mass is 10.1. The fourth-order valence-corrected chi connectivity index (χ4v) is 3.69. The third kappa shape index (κ3) is 4.04. The number of hydrogen-bond acceptors (Lipinski definition) is 5. The third-order valence-corrected chi connectivity index (χ3v) is 5.27. The molecule has 0 aliphatic heterocycles. The van der Waals surface area contributed by atoms with Crippen LogP contribution in [0.25, 0.3) is 16.6 Å². The minimum Gasteiger partial charge on any atom is -0.366 e. The normalized spacial score (nSPS) is 13.1. The van der Waals surface area contributed by atoms with Gasteiger partial charge in [0.25, 0.3) is 0 Å². The molecule has 25 heavy (non-hydrogen) atoms. The fraction of sp³-hybridized carbons (Fsp3) is 0.200. The number of pyridine rings is 1. The molecule has 3 rings (SSSR count). The zero-order valence-corrected chi connectivity index (χ0v) is 15.5. The first kappa shape index (κ1) is 17.9. The molecule has 0 unspecified atom stereocenters. The van der Waals surface area contributed by atoms with E-state index in [0.29, 0.717) is 21.4 Å². The molecular weight excluding hydrogens is 385 g/mol. The van der Waals surface area contributed by atoms with Crippen LogP contribution < -0.4 is 10.5 Å². The van der Waals surface area contributed by atoms with Crippen molar-refractivity contribution in [3.63, 3.8) is 0 Å². The van der Waals surface area contributed by atoms with Crippen LogP contribution in [0.3, 0.4) is 0 Å². The fourth-order valence-electron chi connectivity index (χ4n) is 2.55. The van der Waals surface area contributed by atoms with Crippen molar-refractivity contribution in [3.8, 4) is 5.69 Å². The highest BCUT2D eigenvalue weighted by Crippen LogP contribution is 2.34. The quantitative estimate of drug-likeness (QED) is 0.686. The van der Waals surface area contributed by atoms with Gasteiger partial charge in [0.1, 0.15) is 5.82 Å². The second-order valence-electron chi connectivity index (χ2n) is 5.63. The van der Waals surface area contributed by atoms with Gasteiger partial charge in [0, 0.05) is 29.9 Å². The maximum Gasteiger partial charge on any atom is 0.211 e. The second kappa shape index (κ2) is 6.80. The number of nitrogens with two attached hydrogens (primary N) is 1. The van der Waals surface area contributed by atoms with Gasteiger partial charge < -0.3 is 9.88 Å². The molecule has 0 amide bonds. The summed E-state index contributed by atoms with van der Waals surface area (Å²) in [4.78, 5) is 8.53. The highest BCUT2D eigenvalue weighted by atomic mass is 35.5. The summed E-state index contributed by atoms with van der Waals surface area (Å²) in [6.07, 6.45) is 5.09. The number of nitrogens with one attached hydrogen (secondary N) is 1. The summed E-state index contributed by atoms with van der Waals surface area (Å²) in [6, 6.07) is 4.87. The zero-order chi connectivity index (χ0) is 18.2. The summed E-state index contributed by atoms with van der Waals surface area (Å²) in [7, 11) is -3.61. The van der Waals surface area contributed by atoms with Crippen LogP contribution in [0, 0.1) is 0 Å². The monoisotopic (exact) mass is 399 g/mol. The van der Waals surface area contributed by atoms with E-state index in [1.54, 1.807) is 37.8 Å². The number of anilines is 1. The lowest BCUT2D eigenvalue weighted by molar-refractivity contribution is 0.593. The van der Waals surface area contributed by atoms with Crippen molar-refractivity contribution in [2.75, 3.05) is 11.1 Å². The Morgan fingerprint density at radius 3 is 2.76 bits per heavy atom. The third-order valence-electron chi connectivity index (χ3n) is 3.51. The number of hydrogen-bond donors (Lipinski definition) is 2. The largest absolute Gasteiger partial charge is 0.366 e. The number of nitrogens with zero attached hydrogens (tertiary/aromatic N) is 3. The average molecular weight is 400 g/mol. The van der Waals surface area contributed by atoms with Gasteiger partial charge in [-0.05, 0) is 19.1 Å². The maximum atomic E-state index is 11.3. The molecule has 132 valence electrons. The molecule has 0 aliphatic carbocycles. The molecule has 1 atom stereocenters. The predicted octanol–water partition coefficient (Wildman–Crippen LogP) is 2.82. The molecule has 0 aliphatic rings. The van der Waals surface area contributed by atoms with Gasteiger partial charge in [-0.25, -0.2) is 23.5 Å². The van der Waals surface area contributed by atoms with Crippen molar-refractivity contribution >= 4 is 49.9 Å². The van der Waals surface area contributed by atoms with Crippen molar-refractivity contribution in [1.82, 2.24) is 14.5 Å². The number of sulfonamides is 1. The van der Waals surface area contributed by atoms with Crippen LogP contribution in [-0.4, -0.2) is 34.7 Å². The van der Waals surface area contributed by atoms with Gasteiger partial charge in [-0.2, -0.15) is 0 Å². The number of rotatable bonds is 5. The first-order valence-corrected chi connectivity index (χ1v) is 9.76. The SMILES string of the molecule is C[C@@H](CS(N)(=O)=O)Nc1cc(-n2ccnc2)c2ccc(Cl)c(Cl)c2n1. The molecule has 0 fully saturated rings. The minimum absolute atomic E-state index is 0.226. The van der Waals surface area contributed by atoms with Crippen molar-refractivity contribution in [2.24, 2.45) is 5.14 Å². The van der Waals surface area contributed by atoms with Gasteiger partial charge in [0.2, 0.25) is 10.0 Å². The van der Waals surface area contributed by atoms with E-state index in [0.717, 1.165) is 11.1 Å². The van der Waals surface area contributed by atoms with E-state index in [-0.39, 0.29) is 5.75 Å². The number of imidazole rings is 1. The van der Waals surface area contributed by atoms with E-state index in [1.165, 1.54) is 0 Å². The van der Waals surface area contributed by atoms with Crippen LogP contribution >= 0.6 is 23.2 Å². The Morgan fingerprint density at radius 1 is 1.36 bits per heavy atom. The Bertz CT molecular complexity index is 1020. The molecule has 3 N–H and O–H groups in total. The van der Waals surface area contributed by atoms with Gasteiger partial charge in [-0.1, -0.05) is 23.2 Å². The topological polar surface area (TPSA) is 103 Å². The molecule has 2 heterocycles. The van der Waals surface area contributed by atoms with Gasteiger partial charge in [0.15, 0.2) is 0 Å². The Balaban J connectivity index is 2.12. The molecule has 0 spiro atoms. The minimum atomic E-state index is -3.61. The predicted molar refractivity (Wildman–Crippen MR) is 99.9 cm³/mol. The van der Waals surface area contributed by atoms with E-state index >= 15 is 0 Å². The van der Waals surface area contributed by atoms with Crippen molar-refractivity contribution in [3.05, 3.63) is 47.0 Å². The number of fused-ring (bicyclic) bond motifs is 1. The van der Waals surface area contributed by atoms with E-state index in [1.807, 2.05) is 10.6 Å². The molecule has 1 aromatic carbocycles. The van der Waals surface area contributed by atoms with Crippen LogP contribution in [0.2, 0.25) is 10.0 Å². The summed E-state index contributed by atoms with van der Waals surface area (Å²) in [5.41, 5.74) is 1.29. The Labute approximate surface area is 154 Å². The summed E-state index contributed by atoms with van der Waals surface area (Å²) < 4.78 is 24.3. The van der Waals surface area contributed by atoms with Crippen molar-refractivity contribution in [2.45, 2.75) is 13.0 Å². The molecule has 0 saturated heterocycles. The van der Waals surface area contributed by atoms with Gasteiger partial charge >= 0.3 is 0 Å². The summed E-state index contributed by atoms with van der Waals surface area (Å²) in [5, 5.41) is 9.62. The highest BCUT2D eigenvalue weighted by Gasteiger charge is 2.15. The van der Waals surface area contributed by atoms with Gasteiger partial charge in [-0.3, -0.25) is 0 Å².